The van der Waals surface area contributed by atoms with Crippen molar-refractivity contribution in [3.63, 3.8) is 0 Å². The molecule has 3 nitrogen and oxygen atoms in total. The van der Waals surface area contributed by atoms with E-state index in [1.54, 1.807) is 32.2 Å². The minimum Gasteiger partial charge on any atom is -0.449 e. The third-order valence-corrected chi connectivity index (χ3v) is 2.64. The fraction of sp³-hybridized carbons (Fsp3) is 0.300. The van der Waals surface area contributed by atoms with Crippen LogP contribution in [0.4, 0.5) is 10.5 Å². The van der Waals surface area contributed by atoms with Gasteiger partial charge in [0.15, 0.2) is 0 Å². The van der Waals surface area contributed by atoms with Crippen LogP contribution < -0.4 is 4.90 Å². The fourth-order valence-electron chi connectivity index (χ4n) is 1.07. The topological polar surface area (TPSA) is 29.5 Å². The van der Waals surface area contributed by atoms with Gasteiger partial charge in [0.2, 0.25) is 0 Å². The number of carbonyl (C=O) groups excluding carboxylic acids is 1. The molecule has 0 aliphatic heterocycles. The summed E-state index contributed by atoms with van der Waals surface area (Å²) in [4.78, 5) is 12.7. The van der Waals surface area contributed by atoms with Crippen LogP contribution in [0.25, 0.3) is 0 Å². The zero-order valence-electron chi connectivity index (χ0n) is 8.46. The first-order valence-electron chi connectivity index (χ1n) is 4.42. The zero-order chi connectivity index (χ0) is 11.4. The summed E-state index contributed by atoms with van der Waals surface area (Å²) < 4.78 is 4.84. The van der Waals surface area contributed by atoms with Crippen LogP contribution in [0, 0.1) is 0 Å². The normalized spacial score (nSPS) is 9.87. The summed E-state index contributed by atoms with van der Waals surface area (Å²) in [7, 11) is 1.58. The molecule has 0 saturated carbocycles. The molecule has 1 aromatic rings. The highest BCUT2D eigenvalue weighted by Crippen LogP contribution is 2.31. The van der Waals surface area contributed by atoms with Crippen molar-refractivity contribution in [3.05, 3.63) is 28.2 Å². The summed E-state index contributed by atoms with van der Waals surface area (Å²) in [6.07, 6.45) is -0.457. The van der Waals surface area contributed by atoms with Crippen molar-refractivity contribution in [2.45, 2.75) is 6.92 Å². The Hall–Kier alpha value is -0.930. The van der Waals surface area contributed by atoms with Gasteiger partial charge in [-0.25, -0.2) is 4.79 Å². The molecule has 0 radical (unpaired) electrons. The molecule has 0 atom stereocenters. The second-order valence-electron chi connectivity index (χ2n) is 2.83. The zero-order valence-corrected chi connectivity index (χ0v) is 9.97. The van der Waals surface area contributed by atoms with Gasteiger partial charge in [-0.3, -0.25) is 4.90 Å². The van der Waals surface area contributed by atoms with Crippen LogP contribution in [0.5, 0.6) is 0 Å². The van der Waals surface area contributed by atoms with Gasteiger partial charge >= 0.3 is 6.09 Å². The quantitative estimate of drug-likeness (QED) is 0.800. The van der Waals surface area contributed by atoms with Crippen LogP contribution in [0.2, 0.25) is 10.0 Å². The third kappa shape index (κ3) is 2.76. The maximum Gasteiger partial charge on any atom is 0.414 e. The summed E-state index contributed by atoms with van der Waals surface area (Å²) in [5.41, 5.74) is 0.530. The van der Waals surface area contributed by atoms with Crippen molar-refractivity contribution in [1.82, 2.24) is 0 Å². The first-order valence-corrected chi connectivity index (χ1v) is 5.18. The van der Waals surface area contributed by atoms with Crippen molar-refractivity contribution in [2.24, 2.45) is 0 Å². The number of nitrogens with zero attached hydrogens (tertiary/aromatic N) is 1. The van der Waals surface area contributed by atoms with E-state index in [0.717, 1.165) is 0 Å². The molecule has 0 aromatic heterocycles. The summed E-state index contributed by atoms with van der Waals surface area (Å²) in [6, 6.07) is 5.08. The second-order valence-corrected chi connectivity index (χ2v) is 3.62. The highest BCUT2D eigenvalue weighted by Gasteiger charge is 2.15. The summed E-state index contributed by atoms with van der Waals surface area (Å²) in [5.74, 6) is 0. The standard InChI is InChI=1S/C10H11Cl2NO2/c1-3-15-10(14)13(2)8-6-4-5-7(11)9(8)12/h4-6H,3H2,1-2H3. The van der Waals surface area contributed by atoms with E-state index in [9.17, 15) is 4.79 Å². The summed E-state index contributed by atoms with van der Waals surface area (Å²) in [6.45, 7) is 2.06. The molecule has 0 unspecified atom stereocenters. The third-order valence-electron chi connectivity index (χ3n) is 1.83. The second kappa shape index (κ2) is 5.24. The van der Waals surface area contributed by atoms with Gasteiger partial charge in [-0.15, -0.1) is 0 Å². The number of benzene rings is 1. The van der Waals surface area contributed by atoms with E-state index >= 15 is 0 Å². The monoisotopic (exact) mass is 247 g/mol. The molecule has 1 rings (SSSR count). The molecule has 0 fully saturated rings. The van der Waals surface area contributed by atoms with Gasteiger partial charge in [-0.1, -0.05) is 29.3 Å². The maximum absolute atomic E-state index is 11.4. The van der Waals surface area contributed by atoms with Crippen LogP contribution >= 0.6 is 23.2 Å². The van der Waals surface area contributed by atoms with Crippen LogP contribution in [0.15, 0.2) is 18.2 Å². The molecule has 0 bridgehead atoms. The van der Waals surface area contributed by atoms with Crippen LogP contribution in [-0.4, -0.2) is 19.7 Å². The molecule has 0 heterocycles. The molecule has 1 amide bonds. The van der Waals surface area contributed by atoms with Crippen LogP contribution in [0.3, 0.4) is 0 Å². The van der Waals surface area contributed by atoms with Crippen molar-refractivity contribution >= 4 is 35.0 Å². The van der Waals surface area contributed by atoms with E-state index in [1.165, 1.54) is 4.90 Å². The largest absolute Gasteiger partial charge is 0.449 e. The van der Waals surface area contributed by atoms with E-state index in [2.05, 4.69) is 0 Å². The molecular weight excluding hydrogens is 237 g/mol. The first-order chi connectivity index (χ1) is 7.07. The maximum atomic E-state index is 11.4. The average Bonchev–Trinajstić information content (AvgIpc) is 2.21. The molecule has 1 aromatic carbocycles. The Morgan fingerprint density at radius 1 is 1.47 bits per heavy atom. The Kier molecular flexibility index (Phi) is 4.24. The molecule has 0 aliphatic rings. The number of rotatable bonds is 2. The summed E-state index contributed by atoms with van der Waals surface area (Å²) in [5, 5.41) is 0.750. The van der Waals surface area contributed by atoms with Gasteiger partial charge in [0, 0.05) is 7.05 Å². The SMILES string of the molecule is CCOC(=O)N(C)c1cccc(Cl)c1Cl. The number of halogens is 2. The van der Waals surface area contributed by atoms with E-state index in [1.807, 2.05) is 0 Å². The molecular formula is C10H11Cl2NO2. The summed E-state index contributed by atoms with van der Waals surface area (Å²) >= 11 is 11.8. The Labute approximate surface area is 98.5 Å². The highest BCUT2D eigenvalue weighted by molar-refractivity contribution is 6.44. The fourth-order valence-corrected chi connectivity index (χ4v) is 1.49. The van der Waals surface area contributed by atoms with E-state index in [-0.39, 0.29) is 0 Å². The van der Waals surface area contributed by atoms with Crippen LogP contribution in [-0.2, 0) is 4.74 Å². The number of anilines is 1. The number of hydrogen-bond donors (Lipinski definition) is 0. The Morgan fingerprint density at radius 2 is 2.13 bits per heavy atom. The van der Waals surface area contributed by atoms with Gasteiger partial charge in [0.05, 0.1) is 22.3 Å². The Balaban J connectivity index is 2.96. The van der Waals surface area contributed by atoms with Crippen molar-refractivity contribution < 1.29 is 9.53 Å². The number of hydrogen-bond acceptors (Lipinski definition) is 2. The average molecular weight is 248 g/mol. The molecule has 0 N–H and O–H groups in total. The van der Waals surface area contributed by atoms with E-state index in [0.29, 0.717) is 22.3 Å². The lowest BCUT2D eigenvalue weighted by Gasteiger charge is -2.18. The predicted octanol–water partition coefficient (Wildman–Crippen LogP) is 3.59. The van der Waals surface area contributed by atoms with Gasteiger partial charge < -0.3 is 4.74 Å². The van der Waals surface area contributed by atoms with Gasteiger partial charge in [0.25, 0.3) is 0 Å². The first kappa shape index (κ1) is 12.1. The minimum atomic E-state index is -0.457. The van der Waals surface area contributed by atoms with E-state index < -0.39 is 6.09 Å². The van der Waals surface area contributed by atoms with Gasteiger partial charge in [0.1, 0.15) is 0 Å². The van der Waals surface area contributed by atoms with Crippen LogP contribution in [0.1, 0.15) is 6.92 Å². The minimum absolute atomic E-state index is 0.321. The number of ether oxygens (including phenoxy) is 1. The van der Waals surface area contributed by atoms with Crippen molar-refractivity contribution in [3.8, 4) is 0 Å². The van der Waals surface area contributed by atoms with Crippen molar-refractivity contribution in [1.29, 1.82) is 0 Å². The molecule has 82 valence electrons. The van der Waals surface area contributed by atoms with Gasteiger partial charge in [-0.05, 0) is 19.1 Å². The highest BCUT2D eigenvalue weighted by atomic mass is 35.5. The molecule has 0 aliphatic carbocycles. The smallest absolute Gasteiger partial charge is 0.414 e. The van der Waals surface area contributed by atoms with Crippen molar-refractivity contribution in [2.75, 3.05) is 18.6 Å². The van der Waals surface area contributed by atoms with Gasteiger partial charge in [-0.2, -0.15) is 0 Å². The molecule has 0 spiro atoms. The molecule has 0 saturated heterocycles. The number of carbonyl (C=O) groups is 1. The lowest BCUT2D eigenvalue weighted by molar-refractivity contribution is 0.161. The molecule has 15 heavy (non-hydrogen) atoms. The molecule has 5 heteroatoms. The lowest BCUT2D eigenvalue weighted by Crippen LogP contribution is -2.27. The Morgan fingerprint density at radius 3 is 2.73 bits per heavy atom. The van der Waals surface area contributed by atoms with E-state index in [4.69, 9.17) is 27.9 Å². The lowest BCUT2D eigenvalue weighted by atomic mass is 10.3. The Bertz CT molecular complexity index is 368. The predicted molar refractivity (Wildman–Crippen MR) is 61.9 cm³/mol. The number of amides is 1.